The molecule has 0 radical (unpaired) electrons. The average Bonchev–Trinajstić information content (AvgIpc) is 2.92. The standard InChI is InChI=1S/C54H87P/c1-46(2,3)34-28-37(49(10,11)12)43(38(29-34)50(13,14)15)55(44-39(51(16,17)18)30-35(47(4,5)6)31-40(44)52(19,20)21)45-41(53(22,23)24)32-36(48(7,8)9)33-42(45)54(25,26)27/h28-33H,1-27H3. The molecule has 0 saturated carbocycles. The molecule has 0 aromatic heterocycles. The molecule has 0 heterocycles. The Kier molecular flexibility index (Phi) is 12.4. The molecule has 0 aliphatic heterocycles. The molecule has 0 fully saturated rings. The lowest BCUT2D eigenvalue weighted by molar-refractivity contribution is 0.552. The minimum atomic E-state index is -1.10. The zero-order valence-corrected chi connectivity index (χ0v) is 42.3. The van der Waals surface area contributed by atoms with Crippen molar-refractivity contribution in [2.45, 2.75) is 236 Å². The van der Waals surface area contributed by atoms with Crippen LogP contribution in [0.1, 0.15) is 237 Å². The summed E-state index contributed by atoms with van der Waals surface area (Å²) < 4.78 is 0. The second-order valence-electron chi connectivity index (χ2n) is 26.3. The summed E-state index contributed by atoms with van der Waals surface area (Å²) in [6.45, 7) is 65.9. The summed E-state index contributed by atoms with van der Waals surface area (Å²) in [6.07, 6.45) is 0. The SMILES string of the molecule is CC(C)(C)c1cc(C(C)(C)C)c(P(c2c(C(C)(C)C)cc(C(C)(C)C)cc2C(C)(C)C)c2c(C(C)(C)C)cc(C(C)(C)C)cc2C(C)(C)C)c(C(C)(C)C)c1. The quantitative estimate of drug-likeness (QED) is 0.233. The molecule has 0 N–H and O–H groups in total. The molecule has 1 heteroatoms. The van der Waals surface area contributed by atoms with Crippen molar-refractivity contribution in [3.8, 4) is 0 Å². The zero-order valence-electron chi connectivity index (χ0n) is 41.4. The maximum absolute atomic E-state index is 2.63. The van der Waals surface area contributed by atoms with E-state index in [1.807, 2.05) is 0 Å². The highest BCUT2D eigenvalue weighted by molar-refractivity contribution is 7.80. The molecule has 0 saturated heterocycles. The highest BCUT2D eigenvalue weighted by atomic mass is 31.1. The average molecular weight is 767 g/mol. The van der Waals surface area contributed by atoms with E-state index in [-0.39, 0.29) is 48.7 Å². The van der Waals surface area contributed by atoms with E-state index in [1.165, 1.54) is 50.1 Å². The monoisotopic (exact) mass is 767 g/mol. The van der Waals surface area contributed by atoms with Gasteiger partial charge < -0.3 is 0 Å². The fourth-order valence-electron chi connectivity index (χ4n) is 7.69. The van der Waals surface area contributed by atoms with E-state index in [1.54, 1.807) is 15.9 Å². The topological polar surface area (TPSA) is 0 Å². The molecule has 0 amide bonds. The lowest BCUT2D eigenvalue weighted by Gasteiger charge is -2.44. The van der Waals surface area contributed by atoms with Crippen LogP contribution in [0.5, 0.6) is 0 Å². The molecule has 0 aliphatic carbocycles. The van der Waals surface area contributed by atoms with Crippen molar-refractivity contribution in [3.05, 3.63) is 86.5 Å². The molecule has 3 rings (SSSR count). The van der Waals surface area contributed by atoms with Crippen LogP contribution in [-0.2, 0) is 48.7 Å². The van der Waals surface area contributed by atoms with Crippen LogP contribution >= 0.6 is 7.92 Å². The van der Waals surface area contributed by atoms with E-state index < -0.39 is 7.92 Å². The Labute approximate surface area is 344 Å². The van der Waals surface area contributed by atoms with Crippen LogP contribution in [0, 0.1) is 0 Å². The van der Waals surface area contributed by atoms with Gasteiger partial charge in [0.2, 0.25) is 0 Å². The predicted octanol–water partition coefficient (Wildman–Crippen LogP) is 15.1. The van der Waals surface area contributed by atoms with Gasteiger partial charge in [-0.05, 0) is 123 Å². The summed E-state index contributed by atoms with van der Waals surface area (Å²) in [5.74, 6) is 0. The molecule has 55 heavy (non-hydrogen) atoms. The smallest absolute Gasteiger partial charge is 0.00757 e. The highest BCUT2D eigenvalue weighted by Gasteiger charge is 2.43. The van der Waals surface area contributed by atoms with Crippen molar-refractivity contribution in [1.82, 2.24) is 0 Å². The van der Waals surface area contributed by atoms with Crippen molar-refractivity contribution < 1.29 is 0 Å². The fourth-order valence-corrected chi connectivity index (χ4v) is 12.2. The molecular formula is C54H87P. The van der Waals surface area contributed by atoms with E-state index >= 15 is 0 Å². The predicted molar refractivity (Wildman–Crippen MR) is 253 cm³/mol. The molecule has 0 unspecified atom stereocenters. The Bertz CT molecular complexity index is 1540. The molecule has 3 aromatic carbocycles. The summed E-state index contributed by atoms with van der Waals surface area (Å²) in [4.78, 5) is 0. The molecule has 0 nitrogen and oxygen atoms in total. The molecular weight excluding hydrogens is 680 g/mol. The minimum Gasteiger partial charge on any atom is -0.0561 e. The first-order chi connectivity index (χ1) is 24.0. The van der Waals surface area contributed by atoms with E-state index in [0.717, 1.165) is 0 Å². The van der Waals surface area contributed by atoms with Crippen LogP contribution in [0.15, 0.2) is 36.4 Å². The molecule has 0 bridgehead atoms. The summed E-state index contributed by atoms with van der Waals surface area (Å²) in [7, 11) is -1.10. The van der Waals surface area contributed by atoms with Crippen LogP contribution in [0.25, 0.3) is 0 Å². The van der Waals surface area contributed by atoms with Crippen molar-refractivity contribution in [1.29, 1.82) is 0 Å². The maximum Gasteiger partial charge on any atom is -0.00757 e. The van der Waals surface area contributed by atoms with E-state index in [9.17, 15) is 0 Å². The molecule has 0 spiro atoms. The lowest BCUT2D eigenvalue weighted by Crippen LogP contribution is -2.43. The summed E-state index contributed by atoms with van der Waals surface area (Å²) in [5, 5.41) is 4.76. The van der Waals surface area contributed by atoms with Gasteiger partial charge in [0, 0.05) is 0 Å². The van der Waals surface area contributed by atoms with Gasteiger partial charge in [0.1, 0.15) is 0 Å². The summed E-state index contributed by atoms with van der Waals surface area (Å²) in [6, 6.07) is 15.8. The Morgan fingerprint density at radius 2 is 0.345 bits per heavy atom. The summed E-state index contributed by atoms with van der Waals surface area (Å²) in [5.41, 5.74) is 12.9. The first-order valence-corrected chi connectivity index (χ1v) is 22.7. The largest absolute Gasteiger partial charge is 0.0561 e. The molecule has 0 aliphatic rings. The highest BCUT2D eigenvalue weighted by Crippen LogP contribution is 2.52. The third kappa shape index (κ3) is 10.4. The van der Waals surface area contributed by atoms with Gasteiger partial charge >= 0.3 is 0 Å². The van der Waals surface area contributed by atoms with Gasteiger partial charge in [-0.1, -0.05) is 223 Å². The number of hydrogen-bond donors (Lipinski definition) is 0. The van der Waals surface area contributed by atoms with Crippen LogP contribution < -0.4 is 15.9 Å². The van der Waals surface area contributed by atoms with Crippen molar-refractivity contribution in [3.63, 3.8) is 0 Å². The number of hydrogen-bond acceptors (Lipinski definition) is 0. The van der Waals surface area contributed by atoms with Gasteiger partial charge in [-0.3, -0.25) is 0 Å². The second kappa shape index (κ2) is 14.4. The Morgan fingerprint density at radius 3 is 0.436 bits per heavy atom. The Balaban J connectivity index is 3.14. The van der Waals surface area contributed by atoms with Crippen LogP contribution in [-0.4, -0.2) is 0 Å². The first kappa shape index (κ1) is 47.5. The number of rotatable bonds is 3. The van der Waals surface area contributed by atoms with Gasteiger partial charge in [-0.15, -0.1) is 0 Å². The van der Waals surface area contributed by atoms with Crippen LogP contribution in [0.2, 0.25) is 0 Å². The number of benzene rings is 3. The van der Waals surface area contributed by atoms with Gasteiger partial charge in [-0.2, -0.15) is 0 Å². The molecule has 3 aromatic rings. The molecule has 308 valence electrons. The van der Waals surface area contributed by atoms with Gasteiger partial charge in [0.05, 0.1) is 0 Å². The Hall–Kier alpha value is -1.91. The van der Waals surface area contributed by atoms with Crippen molar-refractivity contribution in [2.24, 2.45) is 0 Å². The zero-order chi connectivity index (χ0) is 43.2. The summed E-state index contributed by atoms with van der Waals surface area (Å²) >= 11 is 0. The van der Waals surface area contributed by atoms with Gasteiger partial charge in [0.25, 0.3) is 0 Å². The van der Waals surface area contributed by atoms with Crippen molar-refractivity contribution >= 4 is 23.8 Å². The van der Waals surface area contributed by atoms with Gasteiger partial charge in [0.15, 0.2) is 0 Å². The first-order valence-electron chi connectivity index (χ1n) is 21.4. The lowest BCUT2D eigenvalue weighted by atomic mass is 9.75. The van der Waals surface area contributed by atoms with E-state index in [0.29, 0.717) is 0 Å². The van der Waals surface area contributed by atoms with E-state index in [2.05, 4.69) is 223 Å². The third-order valence-electron chi connectivity index (χ3n) is 11.4. The van der Waals surface area contributed by atoms with E-state index in [4.69, 9.17) is 0 Å². The minimum absolute atomic E-state index is 0.0181. The Morgan fingerprint density at radius 1 is 0.218 bits per heavy atom. The van der Waals surface area contributed by atoms with Gasteiger partial charge in [-0.25, -0.2) is 0 Å². The maximum atomic E-state index is 2.63. The molecule has 0 atom stereocenters. The van der Waals surface area contributed by atoms with Crippen LogP contribution in [0.4, 0.5) is 0 Å². The van der Waals surface area contributed by atoms with Crippen LogP contribution in [0.3, 0.4) is 0 Å². The normalized spacial score (nSPS) is 14.6. The fraction of sp³-hybridized carbons (Fsp3) is 0.667. The second-order valence-corrected chi connectivity index (χ2v) is 28.4. The third-order valence-corrected chi connectivity index (χ3v) is 14.2. The van der Waals surface area contributed by atoms with Crippen molar-refractivity contribution in [2.75, 3.05) is 0 Å².